The van der Waals surface area contributed by atoms with Crippen LogP contribution in [0.5, 0.6) is 0 Å². The molecule has 26 heavy (non-hydrogen) atoms. The second-order valence-electron chi connectivity index (χ2n) is 7.44. The van der Waals surface area contributed by atoms with Gasteiger partial charge in [-0.1, -0.05) is 31.5 Å². The second kappa shape index (κ2) is 8.69. The lowest BCUT2D eigenvalue weighted by Gasteiger charge is -2.35. The normalized spacial score (nSPS) is 15.9. The minimum absolute atomic E-state index is 0.133. The van der Waals surface area contributed by atoms with Gasteiger partial charge in [0.15, 0.2) is 0 Å². The maximum Gasteiger partial charge on any atom is 0.258 e. The number of para-hydroxylation sites is 1. The van der Waals surface area contributed by atoms with Crippen LogP contribution in [-0.4, -0.2) is 74.0 Å². The second-order valence-corrected chi connectivity index (χ2v) is 7.44. The van der Waals surface area contributed by atoms with Crippen molar-refractivity contribution in [2.24, 2.45) is 0 Å². The van der Waals surface area contributed by atoms with Crippen molar-refractivity contribution in [3.63, 3.8) is 0 Å². The van der Waals surface area contributed by atoms with Gasteiger partial charge in [-0.2, -0.15) is 0 Å². The Morgan fingerprint density at radius 3 is 2.58 bits per heavy atom. The molecule has 0 bridgehead atoms. The highest BCUT2D eigenvalue weighted by atomic mass is 16.3. The lowest BCUT2D eigenvalue weighted by atomic mass is 10.1. The fraction of sp³-hybridized carbons (Fsp3) is 0.571. The Morgan fingerprint density at radius 2 is 1.88 bits per heavy atom. The van der Waals surface area contributed by atoms with Gasteiger partial charge in [-0.25, -0.2) is 0 Å². The van der Waals surface area contributed by atoms with Crippen LogP contribution >= 0.6 is 0 Å². The molecule has 1 amide bonds. The van der Waals surface area contributed by atoms with Crippen LogP contribution in [0.1, 0.15) is 35.9 Å². The summed E-state index contributed by atoms with van der Waals surface area (Å²) in [7, 11) is 4.20. The topological polar surface area (TPSA) is 39.9 Å². The average molecular weight is 357 g/mol. The van der Waals surface area contributed by atoms with E-state index in [0.29, 0.717) is 0 Å². The van der Waals surface area contributed by atoms with Gasteiger partial charge in [-0.3, -0.25) is 9.69 Å². The maximum atomic E-state index is 13.3. The summed E-state index contributed by atoms with van der Waals surface area (Å²) in [6.45, 7) is 7.75. The summed E-state index contributed by atoms with van der Waals surface area (Å²) in [5, 5.41) is 0.957. The zero-order valence-corrected chi connectivity index (χ0v) is 16.3. The number of aryl methyl sites for hydroxylation is 1. The zero-order chi connectivity index (χ0) is 18.5. The molecule has 1 aromatic carbocycles. The van der Waals surface area contributed by atoms with Gasteiger partial charge in [0.25, 0.3) is 5.91 Å². The number of amides is 1. The third-order valence-electron chi connectivity index (χ3n) is 5.16. The molecular weight excluding hydrogens is 326 g/mol. The molecule has 0 N–H and O–H groups in total. The molecule has 0 spiro atoms. The number of fused-ring (bicyclic) bond motifs is 1. The van der Waals surface area contributed by atoms with Crippen molar-refractivity contribution in [2.75, 3.05) is 53.4 Å². The molecule has 142 valence electrons. The first-order valence-corrected chi connectivity index (χ1v) is 9.77. The predicted molar refractivity (Wildman–Crippen MR) is 106 cm³/mol. The van der Waals surface area contributed by atoms with Gasteiger partial charge >= 0.3 is 0 Å². The largest absolute Gasteiger partial charge is 0.460 e. The van der Waals surface area contributed by atoms with Crippen molar-refractivity contribution in [2.45, 2.75) is 26.2 Å². The van der Waals surface area contributed by atoms with Crippen LogP contribution in [0.3, 0.4) is 0 Å². The van der Waals surface area contributed by atoms with Crippen molar-refractivity contribution in [3.05, 3.63) is 35.6 Å². The molecule has 0 atom stereocenters. The van der Waals surface area contributed by atoms with E-state index in [0.717, 1.165) is 80.8 Å². The molecular formula is C21H31N3O2. The summed E-state index contributed by atoms with van der Waals surface area (Å²) in [5.41, 5.74) is 1.61. The molecule has 1 fully saturated rings. The number of likely N-dealkylation sites (N-methyl/N-ethyl adjacent to an activating group) is 1. The van der Waals surface area contributed by atoms with Crippen LogP contribution in [0.15, 0.2) is 28.7 Å². The molecule has 2 heterocycles. The first-order chi connectivity index (χ1) is 12.6. The van der Waals surface area contributed by atoms with E-state index in [1.807, 2.05) is 29.2 Å². The number of carbonyl (C=O) groups excluding carboxylic acids is 1. The lowest BCUT2D eigenvalue weighted by Crippen LogP contribution is -2.50. The fourth-order valence-electron chi connectivity index (χ4n) is 3.52. The number of furan rings is 1. The molecule has 0 radical (unpaired) electrons. The minimum Gasteiger partial charge on any atom is -0.460 e. The maximum absolute atomic E-state index is 13.3. The summed E-state index contributed by atoms with van der Waals surface area (Å²) in [6.07, 6.45) is 2.96. The molecule has 1 aliphatic heterocycles. The molecule has 5 heteroatoms. The Kier molecular flexibility index (Phi) is 6.33. The van der Waals surface area contributed by atoms with Gasteiger partial charge in [0.05, 0.1) is 5.56 Å². The standard InChI is InChI=1S/C21H31N3O2/c1-4-5-9-19-20(17-8-6-7-10-18(17)26-19)21(25)24-15-13-23(14-16-24)12-11-22(2)3/h6-8,10H,4-5,9,11-16H2,1-3H3. The van der Waals surface area contributed by atoms with Crippen LogP contribution in [0.2, 0.25) is 0 Å². The summed E-state index contributed by atoms with van der Waals surface area (Å²) < 4.78 is 6.04. The van der Waals surface area contributed by atoms with E-state index < -0.39 is 0 Å². The van der Waals surface area contributed by atoms with Gasteiger partial charge in [0, 0.05) is 51.1 Å². The van der Waals surface area contributed by atoms with Crippen molar-refractivity contribution >= 4 is 16.9 Å². The minimum atomic E-state index is 0.133. The molecule has 1 aliphatic rings. The third kappa shape index (κ3) is 4.27. The summed E-state index contributed by atoms with van der Waals surface area (Å²) in [5.74, 6) is 0.987. The molecule has 0 aliphatic carbocycles. The van der Waals surface area contributed by atoms with Crippen LogP contribution in [-0.2, 0) is 6.42 Å². The van der Waals surface area contributed by atoms with Crippen LogP contribution < -0.4 is 0 Å². The number of piperazine rings is 1. The van der Waals surface area contributed by atoms with E-state index in [9.17, 15) is 4.79 Å². The number of hydrogen-bond donors (Lipinski definition) is 0. The highest BCUT2D eigenvalue weighted by Crippen LogP contribution is 2.28. The number of rotatable bonds is 7. The Morgan fingerprint density at radius 1 is 1.15 bits per heavy atom. The zero-order valence-electron chi connectivity index (χ0n) is 16.3. The van der Waals surface area contributed by atoms with Gasteiger partial charge in [0.2, 0.25) is 0 Å². The first kappa shape index (κ1) is 18.9. The number of hydrogen-bond acceptors (Lipinski definition) is 4. The molecule has 1 aromatic heterocycles. The fourth-order valence-corrected chi connectivity index (χ4v) is 3.52. The Hall–Kier alpha value is -1.85. The van der Waals surface area contributed by atoms with Gasteiger partial charge in [0.1, 0.15) is 11.3 Å². The predicted octanol–water partition coefficient (Wildman–Crippen LogP) is 3.09. The highest BCUT2D eigenvalue weighted by molar-refractivity contribution is 6.07. The Labute approximate surface area is 156 Å². The smallest absolute Gasteiger partial charge is 0.258 e. The van der Waals surface area contributed by atoms with Gasteiger partial charge < -0.3 is 14.2 Å². The molecule has 0 unspecified atom stereocenters. The van der Waals surface area contributed by atoms with Crippen LogP contribution in [0.25, 0.3) is 11.0 Å². The van der Waals surface area contributed by atoms with E-state index >= 15 is 0 Å². The Balaban J connectivity index is 1.73. The summed E-state index contributed by atoms with van der Waals surface area (Å²) in [4.78, 5) is 19.9. The van der Waals surface area contributed by atoms with E-state index in [2.05, 4.69) is 30.8 Å². The molecule has 3 rings (SSSR count). The number of carbonyl (C=O) groups is 1. The molecule has 1 saturated heterocycles. The third-order valence-corrected chi connectivity index (χ3v) is 5.16. The first-order valence-electron chi connectivity index (χ1n) is 9.77. The molecule has 2 aromatic rings. The highest BCUT2D eigenvalue weighted by Gasteiger charge is 2.27. The van der Waals surface area contributed by atoms with Crippen molar-refractivity contribution in [1.82, 2.24) is 14.7 Å². The molecule has 0 saturated carbocycles. The van der Waals surface area contributed by atoms with E-state index in [-0.39, 0.29) is 5.91 Å². The van der Waals surface area contributed by atoms with Crippen molar-refractivity contribution < 1.29 is 9.21 Å². The number of benzene rings is 1. The van der Waals surface area contributed by atoms with E-state index in [4.69, 9.17) is 4.42 Å². The Bertz CT molecular complexity index is 730. The monoisotopic (exact) mass is 357 g/mol. The average Bonchev–Trinajstić information content (AvgIpc) is 3.02. The number of unbranched alkanes of at least 4 members (excludes halogenated alkanes) is 1. The summed E-state index contributed by atoms with van der Waals surface area (Å²) in [6, 6.07) is 7.92. The SMILES string of the molecule is CCCCc1oc2ccccc2c1C(=O)N1CCN(CCN(C)C)CC1. The van der Waals surface area contributed by atoms with Gasteiger partial charge in [-0.15, -0.1) is 0 Å². The van der Waals surface area contributed by atoms with E-state index in [1.54, 1.807) is 0 Å². The van der Waals surface area contributed by atoms with Crippen molar-refractivity contribution in [1.29, 1.82) is 0 Å². The van der Waals surface area contributed by atoms with E-state index in [1.165, 1.54) is 0 Å². The van der Waals surface area contributed by atoms with Crippen LogP contribution in [0, 0.1) is 0 Å². The van der Waals surface area contributed by atoms with Gasteiger partial charge in [-0.05, 0) is 26.6 Å². The lowest BCUT2D eigenvalue weighted by molar-refractivity contribution is 0.0629. The number of nitrogens with zero attached hydrogens (tertiary/aromatic N) is 3. The quantitative estimate of drug-likeness (QED) is 0.763. The van der Waals surface area contributed by atoms with Crippen molar-refractivity contribution in [3.8, 4) is 0 Å². The summed E-state index contributed by atoms with van der Waals surface area (Å²) >= 11 is 0. The molecule has 5 nitrogen and oxygen atoms in total. The van der Waals surface area contributed by atoms with Crippen LogP contribution in [0.4, 0.5) is 0 Å².